The van der Waals surface area contributed by atoms with Crippen LogP contribution in [0, 0.1) is 13.8 Å². The number of hydrogen-bond acceptors (Lipinski definition) is 5. The second-order valence-corrected chi connectivity index (χ2v) is 13.0. The Morgan fingerprint density at radius 1 is 0.867 bits per heavy atom. The average Bonchev–Trinajstić information content (AvgIpc) is 3.03. The van der Waals surface area contributed by atoms with Crippen molar-refractivity contribution in [1.82, 2.24) is 10.2 Å². The third-order valence-corrected chi connectivity index (χ3v) is 9.49. The van der Waals surface area contributed by atoms with Gasteiger partial charge in [0.2, 0.25) is 11.8 Å². The number of carbonyl (C=O) groups excluding carboxylic acids is 2. The summed E-state index contributed by atoms with van der Waals surface area (Å²) in [4.78, 5) is 29.5. The molecule has 1 atom stereocenters. The molecule has 45 heavy (non-hydrogen) atoms. The van der Waals surface area contributed by atoms with Crippen LogP contribution < -0.4 is 14.4 Å². The van der Waals surface area contributed by atoms with Crippen LogP contribution in [0.5, 0.6) is 5.75 Å². The van der Waals surface area contributed by atoms with Gasteiger partial charge in [0.25, 0.3) is 10.0 Å². The molecule has 2 amide bonds. The van der Waals surface area contributed by atoms with E-state index < -0.39 is 28.5 Å². The number of sulfonamides is 1. The molecule has 10 heteroatoms. The first kappa shape index (κ1) is 33.6. The smallest absolute Gasteiger partial charge is 0.264 e. The SMILES string of the molecule is CCNC(=O)C(Cc1ccccc1)N(Cc1ccc(C)cc1)C(=O)CN(c1ccc(OC)c(Cl)c1)S(=O)(=O)c1ccc(C)cc1. The van der Waals surface area contributed by atoms with Gasteiger partial charge >= 0.3 is 0 Å². The lowest BCUT2D eigenvalue weighted by atomic mass is 10.0. The Morgan fingerprint density at radius 2 is 1.49 bits per heavy atom. The predicted octanol–water partition coefficient (Wildman–Crippen LogP) is 5.94. The number of methoxy groups -OCH3 is 1. The van der Waals surface area contributed by atoms with E-state index in [1.54, 1.807) is 24.3 Å². The van der Waals surface area contributed by atoms with E-state index in [1.807, 2.05) is 75.4 Å². The summed E-state index contributed by atoms with van der Waals surface area (Å²) in [5.41, 5.74) is 3.79. The fraction of sp³-hybridized carbons (Fsp3) is 0.257. The minimum Gasteiger partial charge on any atom is -0.495 e. The number of anilines is 1. The molecule has 4 rings (SSSR count). The highest BCUT2D eigenvalue weighted by Crippen LogP contribution is 2.32. The molecule has 0 heterocycles. The zero-order valence-electron chi connectivity index (χ0n) is 25.9. The highest BCUT2D eigenvalue weighted by molar-refractivity contribution is 7.92. The number of nitrogens with zero attached hydrogens (tertiary/aromatic N) is 2. The van der Waals surface area contributed by atoms with Gasteiger partial charge in [0, 0.05) is 19.5 Å². The number of carbonyl (C=O) groups is 2. The third kappa shape index (κ3) is 8.44. The average molecular weight is 648 g/mol. The van der Waals surface area contributed by atoms with Crippen molar-refractivity contribution in [3.8, 4) is 5.75 Å². The Kier molecular flexibility index (Phi) is 11.3. The van der Waals surface area contributed by atoms with E-state index in [-0.39, 0.29) is 34.5 Å². The maximum Gasteiger partial charge on any atom is 0.264 e. The highest BCUT2D eigenvalue weighted by atomic mass is 35.5. The Labute approximate surface area is 270 Å². The first-order chi connectivity index (χ1) is 21.5. The number of ether oxygens (including phenoxy) is 1. The first-order valence-electron chi connectivity index (χ1n) is 14.6. The van der Waals surface area contributed by atoms with Gasteiger partial charge in [0.05, 0.1) is 22.7 Å². The molecule has 0 aromatic heterocycles. The maximum absolute atomic E-state index is 14.5. The molecule has 0 radical (unpaired) electrons. The lowest BCUT2D eigenvalue weighted by molar-refractivity contribution is -0.140. The van der Waals surface area contributed by atoms with Crippen molar-refractivity contribution in [3.63, 3.8) is 0 Å². The first-order valence-corrected chi connectivity index (χ1v) is 16.4. The number of benzene rings is 4. The summed E-state index contributed by atoms with van der Waals surface area (Å²) in [5.74, 6) is -0.521. The molecule has 0 spiro atoms. The molecule has 4 aromatic rings. The topological polar surface area (TPSA) is 96.0 Å². The summed E-state index contributed by atoms with van der Waals surface area (Å²) in [6.07, 6.45) is 0.239. The van der Waals surface area contributed by atoms with Crippen LogP contribution in [0.1, 0.15) is 29.2 Å². The number of rotatable bonds is 13. The minimum absolute atomic E-state index is 0.0162. The van der Waals surface area contributed by atoms with E-state index in [0.29, 0.717) is 12.3 Å². The van der Waals surface area contributed by atoms with Gasteiger partial charge in [-0.2, -0.15) is 0 Å². The summed E-state index contributed by atoms with van der Waals surface area (Å²) in [7, 11) is -2.78. The van der Waals surface area contributed by atoms with Crippen molar-refractivity contribution in [2.45, 2.75) is 44.7 Å². The Hall–Kier alpha value is -4.34. The van der Waals surface area contributed by atoms with Gasteiger partial charge in [-0.3, -0.25) is 13.9 Å². The molecule has 0 saturated carbocycles. The van der Waals surface area contributed by atoms with Crippen molar-refractivity contribution in [2.24, 2.45) is 0 Å². The van der Waals surface area contributed by atoms with Gasteiger partial charge in [-0.15, -0.1) is 0 Å². The van der Waals surface area contributed by atoms with Gasteiger partial charge in [-0.05, 0) is 62.2 Å². The number of hydrogen-bond donors (Lipinski definition) is 1. The summed E-state index contributed by atoms with van der Waals surface area (Å²) < 4.78 is 34.6. The summed E-state index contributed by atoms with van der Waals surface area (Å²) in [6, 6.07) is 27.1. The summed E-state index contributed by atoms with van der Waals surface area (Å²) in [6.45, 7) is 5.53. The molecule has 0 aliphatic heterocycles. The highest BCUT2D eigenvalue weighted by Gasteiger charge is 2.34. The second-order valence-electron chi connectivity index (χ2n) is 10.8. The fourth-order valence-corrected chi connectivity index (χ4v) is 6.57. The lowest BCUT2D eigenvalue weighted by Crippen LogP contribution is -2.53. The van der Waals surface area contributed by atoms with Crippen LogP contribution in [0.2, 0.25) is 5.02 Å². The van der Waals surface area contributed by atoms with Gasteiger partial charge in [0.1, 0.15) is 18.3 Å². The molecular weight excluding hydrogens is 610 g/mol. The van der Waals surface area contributed by atoms with Crippen LogP contribution in [0.4, 0.5) is 5.69 Å². The number of likely N-dealkylation sites (N-methyl/N-ethyl adjacent to an activating group) is 1. The predicted molar refractivity (Wildman–Crippen MR) is 178 cm³/mol. The number of amides is 2. The number of nitrogens with one attached hydrogen (secondary N) is 1. The molecular formula is C35H38ClN3O5S. The molecule has 1 unspecified atom stereocenters. The van der Waals surface area contributed by atoms with E-state index in [4.69, 9.17) is 16.3 Å². The maximum atomic E-state index is 14.5. The van der Waals surface area contributed by atoms with E-state index in [1.165, 1.54) is 30.2 Å². The van der Waals surface area contributed by atoms with Crippen LogP contribution in [-0.2, 0) is 32.6 Å². The Morgan fingerprint density at radius 3 is 2.07 bits per heavy atom. The molecule has 0 aliphatic carbocycles. The third-order valence-electron chi connectivity index (χ3n) is 7.41. The van der Waals surface area contributed by atoms with Gasteiger partial charge < -0.3 is 15.0 Å². The van der Waals surface area contributed by atoms with Crippen LogP contribution in [0.15, 0.2) is 102 Å². The monoisotopic (exact) mass is 647 g/mol. The van der Waals surface area contributed by atoms with Crippen molar-refractivity contribution in [3.05, 3.63) is 124 Å². The van der Waals surface area contributed by atoms with Gasteiger partial charge in [0.15, 0.2) is 0 Å². The van der Waals surface area contributed by atoms with E-state index >= 15 is 0 Å². The second kappa shape index (κ2) is 15.1. The van der Waals surface area contributed by atoms with Crippen molar-refractivity contribution < 1.29 is 22.7 Å². The summed E-state index contributed by atoms with van der Waals surface area (Å²) >= 11 is 6.43. The Bertz CT molecular complexity index is 1710. The van der Waals surface area contributed by atoms with Crippen molar-refractivity contribution in [2.75, 3.05) is 24.5 Å². The molecule has 0 aliphatic rings. The number of aryl methyl sites for hydroxylation is 2. The normalized spacial score (nSPS) is 11.8. The summed E-state index contributed by atoms with van der Waals surface area (Å²) in [5, 5.41) is 3.05. The van der Waals surface area contributed by atoms with Crippen LogP contribution in [0.3, 0.4) is 0 Å². The molecule has 1 N–H and O–H groups in total. The van der Waals surface area contributed by atoms with Crippen LogP contribution in [0.25, 0.3) is 0 Å². The standard InChI is InChI=1S/C35H38ClN3O5S/c1-5-37-35(41)32(21-27-9-7-6-8-10-27)38(23-28-15-11-25(2)12-16-28)34(40)24-39(29-17-20-33(44-4)31(36)22-29)45(42,43)30-18-13-26(3)14-19-30/h6-20,22,32H,5,21,23-24H2,1-4H3,(H,37,41). The fourth-order valence-electron chi connectivity index (χ4n) is 4.91. The van der Waals surface area contributed by atoms with Crippen molar-refractivity contribution in [1.29, 1.82) is 0 Å². The van der Waals surface area contributed by atoms with E-state index in [2.05, 4.69) is 5.32 Å². The molecule has 236 valence electrons. The molecule has 0 saturated heterocycles. The van der Waals surface area contributed by atoms with Gasteiger partial charge in [-0.25, -0.2) is 8.42 Å². The molecule has 4 aromatic carbocycles. The lowest BCUT2D eigenvalue weighted by Gasteiger charge is -2.34. The van der Waals surface area contributed by atoms with Crippen LogP contribution >= 0.6 is 11.6 Å². The van der Waals surface area contributed by atoms with Crippen LogP contribution in [-0.4, -0.2) is 51.4 Å². The quantitative estimate of drug-likeness (QED) is 0.194. The minimum atomic E-state index is -4.24. The van der Waals surface area contributed by atoms with Gasteiger partial charge in [-0.1, -0.05) is 89.5 Å². The molecule has 8 nitrogen and oxygen atoms in total. The molecule has 0 fully saturated rings. The largest absolute Gasteiger partial charge is 0.495 e. The zero-order valence-corrected chi connectivity index (χ0v) is 27.4. The molecule has 0 bridgehead atoms. The zero-order chi connectivity index (χ0) is 32.6. The van der Waals surface area contributed by atoms with E-state index in [9.17, 15) is 18.0 Å². The number of halogens is 1. The van der Waals surface area contributed by atoms with E-state index in [0.717, 1.165) is 26.6 Å². The Balaban J connectivity index is 1.81. The van der Waals surface area contributed by atoms with Crippen molar-refractivity contribution >= 4 is 39.1 Å².